The molecule has 0 spiro atoms. The number of hydrogen-bond acceptors (Lipinski definition) is 4. The summed E-state index contributed by atoms with van der Waals surface area (Å²) in [7, 11) is 0. The Morgan fingerprint density at radius 3 is 2.75 bits per heavy atom. The molecule has 1 aliphatic carbocycles. The van der Waals surface area contributed by atoms with Crippen LogP contribution < -0.4 is 10.6 Å². The van der Waals surface area contributed by atoms with Crippen molar-refractivity contribution in [3.8, 4) is 0 Å². The van der Waals surface area contributed by atoms with Crippen molar-refractivity contribution in [2.45, 2.75) is 45.1 Å². The molecule has 1 aromatic heterocycles. The first-order chi connectivity index (χ1) is 11.6. The Morgan fingerprint density at radius 2 is 2.00 bits per heavy atom. The maximum atomic E-state index is 12.4. The monoisotopic (exact) mass is 388 g/mol. The van der Waals surface area contributed by atoms with Gasteiger partial charge in [0.05, 0.1) is 5.69 Å². The van der Waals surface area contributed by atoms with Crippen LogP contribution in [0.25, 0.3) is 0 Å². The van der Waals surface area contributed by atoms with Gasteiger partial charge < -0.3 is 10.6 Å². The van der Waals surface area contributed by atoms with Crippen molar-refractivity contribution < 1.29 is 4.79 Å². The van der Waals surface area contributed by atoms with E-state index < -0.39 is 0 Å². The van der Waals surface area contributed by atoms with Crippen LogP contribution in [-0.4, -0.2) is 21.9 Å². The van der Waals surface area contributed by atoms with Crippen LogP contribution in [0.5, 0.6) is 0 Å². The van der Waals surface area contributed by atoms with Crippen LogP contribution >= 0.6 is 15.9 Å². The molecule has 0 saturated heterocycles. The summed E-state index contributed by atoms with van der Waals surface area (Å²) >= 11 is 3.47. The summed E-state index contributed by atoms with van der Waals surface area (Å²) in [6, 6.07) is 7.83. The van der Waals surface area contributed by atoms with Gasteiger partial charge in [0.2, 0.25) is 5.95 Å². The highest BCUT2D eigenvalue weighted by molar-refractivity contribution is 9.10. The summed E-state index contributed by atoms with van der Waals surface area (Å²) in [5, 5.41) is 6.23. The largest absolute Gasteiger partial charge is 0.351 e. The number of nitrogens with zero attached hydrogens (tertiary/aromatic N) is 2. The molecule has 0 aliphatic heterocycles. The fraction of sp³-hybridized carbons (Fsp3) is 0.389. The van der Waals surface area contributed by atoms with Gasteiger partial charge in [-0.2, -0.15) is 0 Å². The Balaban J connectivity index is 1.69. The molecule has 24 heavy (non-hydrogen) atoms. The van der Waals surface area contributed by atoms with E-state index in [9.17, 15) is 4.79 Å². The predicted octanol–water partition coefficient (Wildman–Crippen LogP) is 4.54. The highest BCUT2D eigenvalue weighted by Crippen LogP contribution is 2.24. The van der Waals surface area contributed by atoms with E-state index in [0.29, 0.717) is 17.7 Å². The lowest BCUT2D eigenvalue weighted by molar-refractivity contribution is 0.102. The number of rotatable bonds is 4. The van der Waals surface area contributed by atoms with E-state index in [1.807, 2.05) is 25.1 Å². The summed E-state index contributed by atoms with van der Waals surface area (Å²) in [5.41, 5.74) is 2.21. The summed E-state index contributed by atoms with van der Waals surface area (Å²) < 4.78 is 0.852. The Morgan fingerprint density at radius 1 is 1.21 bits per heavy atom. The molecular formula is C18H21BrN4O. The summed E-state index contributed by atoms with van der Waals surface area (Å²) in [5.74, 6) is 0.283. The van der Waals surface area contributed by atoms with Gasteiger partial charge in [0.1, 0.15) is 5.69 Å². The molecule has 0 bridgehead atoms. The van der Waals surface area contributed by atoms with Crippen LogP contribution in [0, 0.1) is 6.92 Å². The van der Waals surface area contributed by atoms with E-state index in [-0.39, 0.29) is 5.91 Å². The van der Waals surface area contributed by atoms with Gasteiger partial charge in [0, 0.05) is 16.7 Å². The molecule has 5 nitrogen and oxygen atoms in total. The Hall–Kier alpha value is -1.95. The van der Waals surface area contributed by atoms with Gasteiger partial charge in [-0.1, -0.05) is 25.3 Å². The second-order valence-electron chi connectivity index (χ2n) is 6.18. The molecule has 0 atom stereocenters. The van der Waals surface area contributed by atoms with Crippen LogP contribution in [0.15, 0.2) is 34.9 Å². The molecule has 1 aliphatic rings. The van der Waals surface area contributed by atoms with Crippen molar-refractivity contribution in [1.29, 1.82) is 0 Å². The zero-order valence-corrected chi connectivity index (χ0v) is 15.3. The molecule has 126 valence electrons. The number of aryl methyl sites for hydroxylation is 1. The lowest BCUT2D eigenvalue weighted by Gasteiger charge is -2.22. The second kappa shape index (κ2) is 7.75. The SMILES string of the molecule is Cc1ccc(NC(=O)c2ccnc(NC3CCCCC3)n2)c(Br)c1. The van der Waals surface area contributed by atoms with Gasteiger partial charge in [0.25, 0.3) is 5.91 Å². The number of nitrogens with one attached hydrogen (secondary N) is 2. The van der Waals surface area contributed by atoms with Crippen LogP contribution in [0.1, 0.15) is 48.2 Å². The molecule has 1 aromatic carbocycles. The maximum absolute atomic E-state index is 12.4. The van der Waals surface area contributed by atoms with E-state index in [2.05, 4.69) is 36.5 Å². The molecule has 0 radical (unpaired) electrons. The number of hydrogen-bond donors (Lipinski definition) is 2. The highest BCUT2D eigenvalue weighted by Gasteiger charge is 2.16. The number of aromatic nitrogens is 2. The summed E-state index contributed by atoms with van der Waals surface area (Å²) in [6.45, 7) is 2.00. The van der Waals surface area contributed by atoms with Gasteiger partial charge in [0.15, 0.2) is 0 Å². The number of amides is 1. The average molecular weight is 389 g/mol. The predicted molar refractivity (Wildman–Crippen MR) is 99.4 cm³/mol. The first-order valence-corrected chi connectivity index (χ1v) is 9.08. The molecule has 2 N–H and O–H groups in total. The minimum absolute atomic E-state index is 0.242. The van der Waals surface area contributed by atoms with Crippen LogP contribution in [0.3, 0.4) is 0 Å². The Kier molecular flexibility index (Phi) is 5.45. The topological polar surface area (TPSA) is 66.9 Å². The molecule has 6 heteroatoms. The first kappa shape index (κ1) is 16.9. The molecule has 1 fully saturated rings. The lowest BCUT2D eigenvalue weighted by Crippen LogP contribution is -2.24. The van der Waals surface area contributed by atoms with E-state index >= 15 is 0 Å². The van der Waals surface area contributed by atoms with Gasteiger partial charge >= 0.3 is 0 Å². The zero-order chi connectivity index (χ0) is 16.9. The van der Waals surface area contributed by atoms with Gasteiger partial charge in [-0.15, -0.1) is 0 Å². The van der Waals surface area contributed by atoms with Crippen LogP contribution in [0.2, 0.25) is 0 Å². The Labute approximate surface area is 150 Å². The molecule has 1 saturated carbocycles. The Bertz CT molecular complexity index is 729. The highest BCUT2D eigenvalue weighted by atomic mass is 79.9. The number of anilines is 2. The number of carbonyl (C=O) groups is 1. The van der Waals surface area contributed by atoms with Gasteiger partial charge in [-0.05, 0) is 59.5 Å². The van der Waals surface area contributed by atoms with E-state index in [0.717, 1.165) is 28.6 Å². The third-order valence-electron chi connectivity index (χ3n) is 4.20. The van der Waals surface area contributed by atoms with Crippen LogP contribution in [-0.2, 0) is 0 Å². The molecule has 3 rings (SSSR count). The molecular weight excluding hydrogens is 368 g/mol. The number of carbonyl (C=O) groups excluding carboxylic acids is 1. The fourth-order valence-corrected chi connectivity index (χ4v) is 3.48. The van der Waals surface area contributed by atoms with Crippen molar-refractivity contribution >= 4 is 33.5 Å². The summed E-state index contributed by atoms with van der Waals surface area (Å²) in [6.07, 6.45) is 7.66. The smallest absolute Gasteiger partial charge is 0.274 e. The third kappa shape index (κ3) is 4.32. The molecule has 1 heterocycles. The first-order valence-electron chi connectivity index (χ1n) is 8.29. The number of halogens is 1. The van der Waals surface area contributed by atoms with Crippen molar-refractivity contribution in [2.75, 3.05) is 10.6 Å². The fourth-order valence-electron chi connectivity index (χ4n) is 2.89. The van der Waals surface area contributed by atoms with Crippen molar-refractivity contribution in [2.24, 2.45) is 0 Å². The minimum atomic E-state index is -0.242. The molecule has 2 aromatic rings. The van der Waals surface area contributed by atoms with E-state index in [4.69, 9.17) is 0 Å². The van der Waals surface area contributed by atoms with Gasteiger partial charge in [-0.25, -0.2) is 9.97 Å². The van der Waals surface area contributed by atoms with E-state index in [1.54, 1.807) is 12.3 Å². The molecule has 0 unspecified atom stereocenters. The third-order valence-corrected chi connectivity index (χ3v) is 4.86. The standard InChI is InChI=1S/C18H21BrN4O/c1-12-7-8-15(14(19)11-12)22-17(24)16-9-10-20-18(23-16)21-13-5-3-2-4-6-13/h7-11,13H,2-6H2,1H3,(H,22,24)(H,20,21,23). The second-order valence-corrected chi connectivity index (χ2v) is 7.04. The van der Waals surface area contributed by atoms with Gasteiger partial charge in [-0.3, -0.25) is 4.79 Å². The number of benzene rings is 1. The maximum Gasteiger partial charge on any atom is 0.274 e. The van der Waals surface area contributed by atoms with Crippen LogP contribution in [0.4, 0.5) is 11.6 Å². The molecule has 1 amide bonds. The zero-order valence-electron chi connectivity index (χ0n) is 13.7. The summed E-state index contributed by atoms with van der Waals surface area (Å²) in [4.78, 5) is 21.0. The quantitative estimate of drug-likeness (QED) is 0.806. The lowest BCUT2D eigenvalue weighted by atomic mass is 9.96. The van der Waals surface area contributed by atoms with Crippen molar-refractivity contribution in [3.05, 3.63) is 46.2 Å². The van der Waals surface area contributed by atoms with Crippen molar-refractivity contribution in [3.63, 3.8) is 0 Å². The average Bonchev–Trinajstić information content (AvgIpc) is 2.58. The van der Waals surface area contributed by atoms with E-state index in [1.165, 1.54) is 19.3 Å². The van der Waals surface area contributed by atoms with Crippen molar-refractivity contribution in [1.82, 2.24) is 9.97 Å². The minimum Gasteiger partial charge on any atom is -0.351 e. The normalized spacial score (nSPS) is 15.1.